The van der Waals surface area contributed by atoms with Crippen LogP contribution in [0.25, 0.3) is 33.5 Å². The van der Waals surface area contributed by atoms with Crippen molar-refractivity contribution in [2.24, 2.45) is 0 Å². The maximum absolute atomic E-state index is 14.4. The van der Waals surface area contributed by atoms with E-state index < -0.39 is 0 Å². The first-order chi connectivity index (χ1) is 15.7. The number of likely N-dealkylation sites (tertiary alicyclic amines) is 1. The molecule has 1 aliphatic rings. The number of nitrogens with zero attached hydrogens (tertiary/aromatic N) is 7. The van der Waals surface area contributed by atoms with Gasteiger partial charge in [0.15, 0.2) is 23.1 Å². The molecule has 0 bridgehead atoms. The Bertz CT molecular complexity index is 1430. The van der Waals surface area contributed by atoms with Gasteiger partial charge >= 0.3 is 0 Å². The van der Waals surface area contributed by atoms with E-state index in [1.807, 2.05) is 28.8 Å². The second kappa shape index (κ2) is 7.34. The average molecular weight is 429 g/mol. The minimum atomic E-state index is -0.354. The molecule has 0 radical (unpaired) electrons. The molecular weight excluding hydrogens is 409 g/mol. The van der Waals surface area contributed by atoms with Crippen LogP contribution in [-0.4, -0.2) is 59.7 Å². The third-order valence-corrected chi connectivity index (χ3v) is 5.86. The summed E-state index contributed by atoms with van der Waals surface area (Å²) in [6, 6.07) is 7.73. The number of H-pyrrole nitrogens is 1. The number of anilines is 2. The monoisotopic (exact) mass is 429 g/mol. The van der Waals surface area contributed by atoms with Gasteiger partial charge in [-0.25, -0.2) is 14.4 Å². The summed E-state index contributed by atoms with van der Waals surface area (Å²) in [5, 5.41) is 10.6. The van der Waals surface area contributed by atoms with E-state index in [0.29, 0.717) is 17.3 Å². The van der Waals surface area contributed by atoms with Gasteiger partial charge in [-0.2, -0.15) is 5.10 Å². The Hall–Kier alpha value is -3.92. The Morgan fingerprint density at radius 2 is 2.06 bits per heavy atom. The van der Waals surface area contributed by atoms with Crippen LogP contribution >= 0.6 is 0 Å². The van der Waals surface area contributed by atoms with Crippen molar-refractivity contribution in [2.75, 3.05) is 25.5 Å². The Morgan fingerprint density at radius 3 is 2.94 bits per heavy atom. The van der Waals surface area contributed by atoms with Crippen molar-refractivity contribution >= 4 is 33.8 Å². The number of fused-ring (bicyclic) bond motifs is 2. The number of hydrogen-bond donors (Lipinski definition) is 2. The standard InChI is InChI=1S/C22H20FN9/c1-31-8-5-13(11-31)32-12-15(23)21-22(32)28-19(10-26-21)27-18-9-17(29-30-18)14-4-7-24-16-3-2-6-25-20(14)16/h2-4,6-7,9-10,12-13H,5,8,11H2,1H3,(H2,27,28,29,30). The van der Waals surface area contributed by atoms with Crippen molar-refractivity contribution in [1.29, 1.82) is 0 Å². The molecule has 0 saturated carbocycles. The second-order valence-electron chi connectivity index (χ2n) is 8.04. The predicted molar refractivity (Wildman–Crippen MR) is 119 cm³/mol. The van der Waals surface area contributed by atoms with Crippen LogP contribution in [0.2, 0.25) is 0 Å². The highest BCUT2D eigenvalue weighted by Crippen LogP contribution is 2.29. The molecular formula is C22H20FN9. The molecule has 0 amide bonds. The highest BCUT2D eigenvalue weighted by molar-refractivity contribution is 5.90. The van der Waals surface area contributed by atoms with E-state index in [2.05, 4.69) is 47.4 Å². The van der Waals surface area contributed by atoms with Gasteiger partial charge in [0.05, 0.1) is 22.9 Å². The Kier molecular flexibility index (Phi) is 4.32. The van der Waals surface area contributed by atoms with E-state index in [0.717, 1.165) is 41.8 Å². The van der Waals surface area contributed by atoms with Gasteiger partial charge in [-0.3, -0.25) is 15.1 Å². The third-order valence-electron chi connectivity index (χ3n) is 5.86. The molecule has 0 aromatic carbocycles. The first kappa shape index (κ1) is 18.8. The lowest BCUT2D eigenvalue weighted by atomic mass is 10.1. The Morgan fingerprint density at radius 1 is 1.12 bits per heavy atom. The van der Waals surface area contributed by atoms with Crippen LogP contribution in [0, 0.1) is 5.82 Å². The summed E-state index contributed by atoms with van der Waals surface area (Å²) in [4.78, 5) is 20.0. The molecule has 1 saturated heterocycles. The Labute approximate surface area is 182 Å². The Balaban J connectivity index is 1.32. The summed E-state index contributed by atoms with van der Waals surface area (Å²) >= 11 is 0. The third kappa shape index (κ3) is 3.16. The zero-order valence-electron chi connectivity index (χ0n) is 17.3. The van der Waals surface area contributed by atoms with Gasteiger partial charge in [0.2, 0.25) is 0 Å². The van der Waals surface area contributed by atoms with Crippen LogP contribution in [0.15, 0.2) is 49.1 Å². The number of hydrogen-bond acceptors (Lipinski definition) is 7. The van der Waals surface area contributed by atoms with Gasteiger partial charge in [0.1, 0.15) is 5.52 Å². The van der Waals surface area contributed by atoms with Gasteiger partial charge in [0, 0.05) is 42.8 Å². The van der Waals surface area contributed by atoms with Crippen molar-refractivity contribution in [1.82, 2.24) is 39.6 Å². The fraction of sp³-hybridized carbons (Fsp3) is 0.227. The lowest BCUT2D eigenvalue weighted by molar-refractivity contribution is 0.394. The largest absolute Gasteiger partial charge is 0.324 e. The number of likely N-dealkylation sites (N-methyl/N-ethyl adjacent to an activating group) is 1. The summed E-state index contributed by atoms with van der Waals surface area (Å²) in [6.07, 6.45) is 7.47. The zero-order chi connectivity index (χ0) is 21.7. The summed E-state index contributed by atoms with van der Waals surface area (Å²) in [6.45, 7) is 1.84. The molecule has 9 nitrogen and oxygen atoms in total. The normalized spacial score (nSPS) is 16.9. The number of halogens is 1. The van der Waals surface area contributed by atoms with E-state index >= 15 is 0 Å². The quantitative estimate of drug-likeness (QED) is 0.451. The van der Waals surface area contributed by atoms with E-state index in [4.69, 9.17) is 0 Å². The smallest absolute Gasteiger partial charge is 0.168 e. The summed E-state index contributed by atoms with van der Waals surface area (Å²) in [5.74, 6) is 0.723. The van der Waals surface area contributed by atoms with Crippen LogP contribution < -0.4 is 5.32 Å². The molecule has 32 heavy (non-hydrogen) atoms. The van der Waals surface area contributed by atoms with Gasteiger partial charge in [-0.15, -0.1) is 0 Å². The first-order valence-corrected chi connectivity index (χ1v) is 10.4. The molecule has 1 atom stereocenters. The molecule has 5 aromatic heterocycles. The molecule has 1 fully saturated rings. The van der Waals surface area contributed by atoms with Crippen LogP contribution in [0.4, 0.5) is 16.0 Å². The predicted octanol–water partition coefficient (Wildman–Crippen LogP) is 3.52. The number of aromatic nitrogens is 7. The van der Waals surface area contributed by atoms with Gasteiger partial charge in [-0.1, -0.05) is 0 Å². The van der Waals surface area contributed by atoms with Crippen LogP contribution in [0.1, 0.15) is 12.5 Å². The van der Waals surface area contributed by atoms with Gasteiger partial charge in [-0.05, 0) is 38.2 Å². The van der Waals surface area contributed by atoms with E-state index in [9.17, 15) is 4.39 Å². The van der Waals surface area contributed by atoms with Crippen LogP contribution in [0.3, 0.4) is 0 Å². The van der Waals surface area contributed by atoms with E-state index in [1.54, 1.807) is 12.4 Å². The molecule has 6 heterocycles. The highest BCUT2D eigenvalue weighted by Gasteiger charge is 2.25. The minimum Gasteiger partial charge on any atom is -0.324 e. The molecule has 6 rings (SSSR count). The molecule has 0 spiro atoms. The average Bonchev–Trinajstić information content (AvgIpc) is 3.53. The number of aromatic amines is 1. The maximum atomic E-state index is 14.4. The fourth-order valence-corrected chi connectivity index (χ4v) is 4.30. The van der Waals surface area contributed by atoms with Crippen molar-refractivity contribution in [2.45, 2.75) is 12.5 Å². The summed E-state index contributed by atoms with van der Waals surface area (Å²) in [5.41, 5.74) is 4.12. The van der Waals surface area contributed by atoms with Crippen LogP contribution in [0.5, 0.6) is 0 Å². The molecule has 1 unspecified atom stereocenters. The molecule has 0 aliphatic carbocycles. The SMILES string of the molecule is CN1CCC(n2cc(F)c3ncc(Nc4cc(-c5ccnc6cccnc56)[nH]n4)nc32)C1. The summed E-state index contributed by atoms with van der Waals surface area (Å²) < 4.78 is 16.3. The number of pyridine rings is 2. The zero-order valence-corrected chi connectivity index (χ0v) is 17.3. The molecule has 160 valence electrons. The van der Waals surface area contributed by atoms with Crippen molar-refractivity contribution < 1.29 is 4.39 Å². The highest BCUT2D eigenvalue weighted by atomic mass is 19.1. The topological polar surface area (TPSA) is 100 Å². The van der Waals surface area contributed by atoms with Crippen molar-refractivity contribution in [3.8, 4) is 11.3 Å². The van der Waals surface area contributed by atoms with E-state index in [-0.39, 0.29) is 17.4 Å². The lowest BCUT2D eigenvalue weighted by Crippen LogP contribution is -2.16. The second-order valence-corrected chi connectivity index (χ2v) is 8.04. The maximum Gasteiger partial charge on any atom is 0.168 e. The molecule has 10 heteroatoms. The molecule has 1 aliphatic heterocycles. The van der Waals surface area contributed by atoms with Crippen molar-refractivity contribution in [3.05, 3.63) is 54.9 Å². The number of nitrogens with one attached hydrogen (secondary N) is 2. The first-order valence-electron chi connectivity index (χ1n) is 10.4. The number of rotatable bonds is 4. The van der Waals surface area contributed by atoms with Gasteiger partial charge in [0.25, 0.3) is 0 Å². The van der Waals surface area contributed by atoms with Crippen molar-refractivity contribution in [3.63, 3.8) is 0 Å². The molecule has 2 N–H and O–H groups in total. The fourth-order valence-electron chi connectivity index (χ4n) is 4.30. The van der Waals surface area contributed by atoms with Crippen LogP contribution in [-0.2, 0) is 0 Å². The minimum absolute atomic E-state index is 0.181. The lowest BCUT2D eigenvalue weighted by Gasteiger charge is -2.13. The molecule has 5 aromatic rings. The summed E-state index contributed by atoms with van der Waals surface area (Å²) in [7, 11) is 2.07. The van der Waals surface area contributed by atoms with E-state index in [1.165, 1.54) is 12.4 Å². The van der Waals surface area contributed by atoms with Gasteiger partial charge < -0.3 is 14.8 Å².